The van der Waals surface area contributed by atoms with Crippen LogP contribution in [0.3, 0.4) is 0 Å². The Morgan fingerprint density at radius 1 is 1.31 bits per heavy atom. The van der Waals surface area contributed by atoms with E-state index in [9.17, 15) is 4.79 Å². The molecule has 2 aliphatic heterocycles. The maximum Gasteiger partial charge on any atom is 0.316 e. The lowest BCUT2D eigenvalue weighted by molar-refractivity contribution is 0.153. The topological polar surface area (TPSA) is 56.4 Å². The molecule has 3 N–H and O–H groups in total. The third kappa shape index (κ3) is 3.09. The number of hydrogen-bond donors (Lipinski definition) is 3. The van der Waals surface area contributed by atoms with E-state index in [4.69, 9.17) is 0 Å². The van der Waals surface area contributed by atoms with Crippen molar-refractivity contribution in [2.45, 2.75) is 37.9 Å². The minimum Gasteiger partial charge on any atom is -0.334 e. The lowest BCUT2D eigenvalue weighted by atomic mass is 10.1. The van der Waals surface area contributed by atoms with Crippen LogP contribution in [0.15, 0.2) is 0 Å². The first-order valence-electron chi connectivity index (χ1n) is 6.23. The summed E-state index contributed by atoms with van der Waals surface area (Å²) in [6, 6.07) is 0.279. The summed E-state index contributed by atoms with van der Waals surface area (Å²) in [7, 11) is 2.07. The van der Waals surface area contributed by atoms with Crippen LogP contribution in [-0.2, 0) is 0 Å². The zero-order chi connectivity index (χ0) is 11.4. The number of nitrogens with one attached hydrogen (secondary N) is 3. The van der Waals surface area contributed by atoms with E-state index in [2.05, 4.69) is 27.9 Å². The molecule has 0 aliphatic carbocycles. The maximum atomic E-state index is 11.7. The number of carbonyl (C=O) groups excluding carboxylic acids is 1. The van der Waals surface area contributed by atoms with Crippen LogP contribution in [0, 0.1) is 0 Å². The molecule has 5 nitrogen and oxygen atoms in total. The molecular formula is C11H22N4O. The number of amides is 2. The van der Waals surface area contributed by atoms with Gasteiger partial charge in [-0.15, -0.1) is 0 Å². The third-order valence-corrected chi connectivity index (χ3v) is 3.46. The van der Waals surface area contributed by atoms with Crippen LogP contribution in [0.1, 0.15) is 25.7 Å². The fraction of sp³-hybridized carbons (Fsp3) is 0.909. The number of nitrogens with zero attached hydrogens (tertiary/aromatic N) is 1. The van der Waals surface area contributed by atoms with Gasteiger partial charge >= 0.3 is 6.03 Å². The summed E-state index contributed by atoms with van der Waals surface area (Å²) in [5.74, 6) is 0. The summed E-state index contributed by atoms with van der Waals surface area (Å²) < 4.78 is 0. The summed E-state index contributed by atoms with van der Waals surface area (Å²) >= 11 is 0. The summed E-state index contributed by atoms with van der Waals surface area (Å²) in [6.07, 6.45) is 4.76. The highest BCUT2D eigenvalue weighted by Crippen LogP contribution is 2.12. The van der Waals surface area contributed by atoms with Gasteiger partial charge in [-0.05, 0) is 45.8 Å². The summed E-state index contributed by atoms with van der Waals surface area (Å²) in [4.78, 5) is 14.0. The van der Waals surface area contributed by atoms with Gasteiger partial charge < -0.3 is 16.0 Å². The van der Waals surface area contributed by atoms with Gasteiger partial charge in [0.25, 0.3) is 0 Å². The van der Waals surface area contributed by atoms with E-state index in [1.165, 1.54) is 12.8 Å². The predicted octanol–water partition coefficient (Wildman–Crippen LogP) is 0.0893. The van der Waals surface area contributed by atoms with Gasteiger partial charge in [0.2, 0.25) is 0 Å². The van der Waals surface area contributed by atoms with Crippen LogP contribution in [0.5, 0.6) is 0 Å². The highest BCUT2D eigenvalue weighted by atomic mass is 16.2. The van der Waals surface area contributed by atoms with E-state index in [1.807, 2.05) is 0 Å². The van der Waals surface area contributed by atoms with Crippen molar-refractivity contribution in [3.63, 3.8) is 0 Å². The van der Waals surface area contributed by atoms with Gasteiger partial charge in [-0.2, -0.15) is 0 Å². The van der Waals surface area contributed by atoms with Gasteiger partial charge in [0.1, 0.15) is 0 Å². The van der Waals surface area contributed by atoms with E-state index in [0.29, 0.717) is 6.04 Å². The zero-order valence-corrected chi connectivity index (χ0v) is 9.96. The molecule has 0 radical (unpaired) electrons. The van der Waals surface area contributed by atoms with Crippen molar-refractivity contribution in [1.82, 2.24) is 20.9 Å². The summed E-state index contributed by atoms with van der Waals surface area (Å²) in [5, 5.41) is 9.29. The Labute approximate surface area is 96.9 Å². The predicted molar refractivity (Wildman–Crippen MR) is 63.2 cm³/mol. The minimum atomic E-state index is -0.0209. The fourth-order valence-electron chi connectivity index (χ4n) is 2.41. The number of piperidine rings is 1. The largest absolute Gasteiger partial charge is 0.334 e. The normalized spacial score (nSPS) is 31.3. The minimum absolute atomic E-state index is 0.0209. The molecule has 2 rings (SSSR count). The monoisotopic (exact) mass is 226 g/mol. The second-order valence-electron chi connectivity index (χ2n) is 4.80. The molecule has 92 valence electrons. The van der Waals surface area contributed by atoms with Crippen molar-refractivity contribution in [3.8, 4) is 0 Å². The Balaban J connectivity index is 1.72. The van der Waals surface area contributed by atoms with Gasteiger partial charge in [0.15, 0.2) is 0 Å². The Kier molecular flexibility index (Phi) is 4.01. The molecule has 2 aliphatic rings. The molecule has 0 aromatic rings. The van der Waals surface area contributed by atoms with E-state index < -0.39 is 0 Å². The molecule has 2 unspecified atom stereocenters. The molecule has 2 heterocycles. The molecule has 2 saturated heterocycles. The molecule has 2 fully saturated rings. The lowest BCUT2D eigenvalue weighted by Gasteiger charge is -2.33. The third-order valence-electron chi connectivity index (χ3n) is 3.46. The molecule has 5 heteroatoms. The quantitative estimate of drug-likeness (QED) is 0.625. The van der Waals surface area contributed by atoms with Crippen LogP contribution < -0.4 is 16.0 Å². The van der Waals surface area contributed by atoms with Gasteiger partial charge in [-0.3, -0.25) is 4.90 Å². The van der Waals surface area contributed by atoms with Crippen LogP contribution >= 0.6 is 0 Å². The van der Waals surface area contributed by atoms with Crippen molar-refractivity contribution in [1.29, 1.82) is 0 Å². The molecule has 0 aromatic carbocycles. The summed E-state index contributed by atoms with van der Waals surface area (Å²) in [6.45, 7) is 2.98. The fourth-order valence-corrected chi connectivity index (χ4v) is 2.41. The first-order valence-corrected chi connectivity index (χ1v) is 6.23. The Morgan fingerprint density at radius 3 is 2.88 bits per heavy atom. The molecule has 0 bridgehead atoms. The van der Waals surface area contributed by atoms with Gasteiger partial charge in [-0.25, -0.2) is 4.79 Å². The standard InChI is InChI=1S/C11H22N4O/c1-15-7-3-2-4-10(15)14-11(16)13-9-5-6-12-8-9/h9-10,12H,2-8H2,1H3,(H2,13,14,16). The molecule has 0 saturated carbocycles. The van der Waals surface area contributed by atoms with Crippen LogP contribution in [0.25, 0.3) is 0 Å². The van der Waals surface area contributed by atoms with E-state index >= 15 is 0 Å². The molecule has 0 aromatic heterocycles. The summed E-state index contributed by atoms with van der Waals surface area (Å²) in [5.41, 5.74) is 0. The average molecular weight is 226 g/mol. The van der Waals surface area contributed by atoms with Crippen LogP contribution in [0.4, 0.5) is 4.79 Å². The van der Waals surface area contributed by atoms with E-state index in [1.54, 1.807) is 0 Å². The van der Waals surface area contributed by atoms with Crippen molar-refractivity contribution in [3.05, 3.63) is 0 Å². The second-order valence-corrected chi connectivity index (χ2v) is 4.80. The van der Waals surface area contributed by atoms with Gasteiger partial charge in [0, 0.05) is 12.6 Å². The Morgan fingerprint density at radius 2 is 2.19 bits per heavy atom. The number of rotatable bonds is 2. The van der Waals surface area contributed by atoms with Gasteiger partial charge in [-0.1, -0.05) is 0 Å². The van der Waals surface area contributed by atoms with Crippen molar-refractivity contribution < 1.29 is 4.79 Å². The second kappa shape index (κ2) is 5.50. The zero-order valence-electron chi connectivity index (χ0n) is 9.96. The van der Waals surface area contributed by atoms with E-state index in [-0.39, 0.29) is 12.2 Å². The first kappa shape index (κ1) is 11.7. The molecular weight excluding hydrogens is 204 g/mol. The first-order chi connectivity index (χ1) is 7.75. The Hall–Kier alpha value is -0.810. The number of likely N-dealkylation sites (tertiary alicyclic amines) is 1. The number of urea groups is 1. The lowest BCUT2D eigenvalue weighted by Crippen LogP contribution is -2.53. The molecule has 2 atom stereocenters. The number of hydrogen-bond acceptors (Lipinski definition) is 3. The van der Waals surface area contributed by atoms with Crippen molar-refractivity contribution in [2.75, 3.05) is 26.7 Å². The number of carbonyl (C=O) groups is 1. The SMILES string of the molecule is CN1CCCCC1NC(=O)NC1CCNC1. The van der Waals surface area contributed by atoms with Crippen LogP contribution in [-0.4, -0.2) is 49.8 Å². The van der Waals surface area contributed by atoms with Crippen molar-refractivity contribution in [2.24, 2.45) is 0 Å². The molecule has 2 amide bonds. The average Bonchev–Trinajstić information content (AvgIpc) is 2.74. The molecule has 0 spiro atoms. The molecule has 16 heavy (non-hydrogen) atoms. The van der Waals surface area contributed by atoms with Crippen LogP contribution in [0.2, 0.25) is 0 Å². The maximum absolute atomic E-state index is 11.7. The highest BCUT2D eigenvalue weighted by Gasteiger charge is 2.22. The highest BCUT2D eigenvalue weighted by molar-refractivity contribution is 5.74. The van der Waals surface area contributed by atoms with Gasteiger partial charge in [0.05, 0.1) is 6.17 Å². The van der Waals surface area contributed by atoms with Crippen molar-refractivity contribution >= 4 is 6.03 Å². The Bertz CT molecular complexity index is 240. The smallest absolute Gasteiger partial charge is 0.316 e. The van der Waals surface area contributed by atoms with E-state index in [0.717, 1.165) is 32.5 Å².